The number of pyridine rings is 1. The van der Waals surface area contributed by atoms with Crippen LogP contribution in [-0.4, -0.2) is 40.7 Å². The molecule has 7 nitrogen and oxygen atoms in total. The number of hydrogen-bond donors (Lipinski definition) is 1. The number of benzene rings is 1. The highest BCUT2D eigenvalue weighted by Gasteiger charge is 2.18. The van der Waals surface area contributed by atoms with Crippen molar-refractivity contribution in [2.75, 3.05) is 31.2 Å². The average Bonchev–Trinajstić information content (AvgIpc) is 2.74. The summed E-state index contributed by atoms with van der Waals surface area (Å²) in [5.74, 6) is 0.0629. The first kappa shape index (κ1) is 18.4. The molecule has 0 saturated carbocycles. The van der Waals surface area contributed by atoms with Crippen LogP contribution in [0.3, 0.4) is 0 Å². The Bertz CT molecular complexity index is 1060. The number of fused-ring (bicyclic) bond motifs is 1. The van der Waals surface area contributed by atoms with Gasteiger partial charge >= 0.3 is 5.56 Å². The first-order valence-corrected chi connectivity index (χ1v) is 9.40. The fourth-order valence-corrected chi connectivity index (χ4v) is 3.29. The summed E-state index contributed by atoms with van der Waals surface area (Å²) in [6.07, 6.45) is 1.77. The van der Waals surface area contributed by atoms with E-state index in [0.29, 0.717) is 18.9 Å². The molecule has 144 valence electrons. The molecule has 0 atom stereocenters. The van der Waals surface area contributed by atoms with Crippen LogP contribution < -0.4 is 20.9 Å². The summed E-state index contributed by atoms with van der Waals surface area (Å²) in [7, 11) is 0. The van der Waals surface area contributed by atoms with Crippen molar-refractivity contribution in [2.45, 2.75) is 6.61 Å². The van der Waals surface area contributed by atoms with Crippen LogP contribution in [0.5, 0.6) is 5.75 Å². The second-order valence-corrected chi connectivity index (χ2v) is 6.89. The number of rotatable bonds is 5. The van der Waals surface area contributed by atoms with E-state index in [2.05, 4.69) is 9.88 Å². The topological polar surface area (TPSA) is 82.1 Å². The van der Waals surface area contributed by atoms with Gasteiger partial charge in [-0.2, -0.15) is 0 Å². The van der Waals surface area contributed by atoms with E-state index >= 15 is 0 Å². The number of anilines is 1. The summed E-state index contributed by atoms with van der Waals surface area (Å²) < 4.78 is 12.7. The zero-order valence-electron chi connectivity index (χ0n) is 15.2. The standard InChI is InChI=1S/C20H20N4O3S/c21-19(28)17-18(27-13-14-4-2-1-3-5-14)20(25)24-12-15(6-7-16(24)22-17)23-8-10-26-11-9-23/h1-7,12H,8-11,13H2,(H2,21,28). The lowest BCUT2D eigenvalue weighted by Crippen LogP contribution is -2.36. The van der Waals surface area contributed by atoms with Crippen LogP contribution in [0.25, 0.3) is 5.65 Å². The predicted molar refractivity (Wildman–Crippen MR) is 111 cm³/mol. The number of nitrogens with two attached hydrogens (primary N) is 1. The second-order valence-electron chi connectivity index (χ2n) is 6.45. The fourth-order valence-electron chi connectivity index (χ4n) is 3.15. The van der Waals surface area contributed by atoms with Crippen molar-refractivity contribution in [3.05, 3.63) is 70.3 Å². The zero-order chi connectivity index (χ0) is 19.5. The van der Waals surface area contributed by atoms with Gasteiger partial charge in [-0.05, 0) is 17.7 Å². The van der Waals surface area contributed by atoms with Gasteiger partial charge in [-0.3, -0.25) is 9.20 Å². The van der Waals surface area contributed by atoms with Gasteiger partial charge in [0.1, 0.15) is 22.9 Å². The smallest absolute Gasteiger partial charge is 0.301 e. The van der Waals surface area contributed by atoms with Gasteiger partial charge in [0.05, 0.1) is 18.9 Å². The van der Waals surface area contributed by atoms with Crippen molar-refractivity contribution in [3.63, 3.8) is 0 Å². The van der Waals surface area contributed by atoms with Gasteiger partial charge < -0.3 is 20.1 Å². The quantitative estimate of drug-likeness (QED) is 0.658. The van der Waals surface area contributed by atoms with E-state index in [9.17, 15) is 4.79 Å². The van der Waals surface area contributed by atoms with Crippen LogP contribution in [0.2, 0.25) is 0 Å². The number of hydrogen-bond acceptors (Lipinski definition) is 6. The third-order valence-corrected chi connectivity index (χ3v) is 4.79. The highest BCUT2D eigenvalue weighted by molar-refractivity contribution is 7.80. The van der Waals surface area contributed by atoms with E-state index in [4.69, 9.17) is 27.4 Å². The summed E-state index contributed by atoms with van der Waals surface area (Å²) in [5, 5.41) is 0. The van der Waals surface area contributed by atoms with E-state index in [1.807, 2.05) is 36.4 Å². The average molecular weight is 396 g/mol. The number of morpholine rings is 1. The third kappa shape index (κ3) is 3.69. The van der Waals surface area contributed by atoms with Crippen LogP contribution >= 0.6 is 12.2 Å². The molecule has 3 heterocycles. The molecule has 1 saturated heterocycles. The molecule has 28 heavy (non-hydrogen) atoms. The maximum absolute atomic E-state index is 13.1. The van der Waals surface area contributed by atoms with E-state index in [1.165, 1.54) is 4.40 Å². The summed E-state index contributed by atoms with van der Waals surface area (Å²) >= 11 is 5.10. The maximum Gasteiger partial charge on any atom is 0.301 e. The Morgan fingerprint density at radius 3 is 2.64 bits per heavy atom. The van der Waals surface area contributed by atoms with Crippen molar-refractivity contribution in [2.24, 2.45) is 5.73 Å². The Morgan fingerprint density at radius 2 is 1.93 bits per heavy atom. The third-order valence-electron chi connectivity index (χ3n) is 4.60. The molecule has 2 N–H and O–H groups in total. The molecule has 0 spiro atoms. The van der Waals surface area contributed by atoms with Crippen LogP contribution in [0, 0.1) is 0 Å². The van der Waals surface area contributed by atoms with Gasteiger partial charge in [-0.1, -0.05) is 42.5 Å². The molecule has 1 aliphatic heterocycles. The molecule has 0 radical (unpaired) electrons. The lowest BCUT2D eigenvalue weighted by atomic mass is 10.2. The number of ether oxygens (including phenoxy) is 2. The highest BCUT2D eigenvalue weighted by Crippen LogP contribution is 2.19. The molecule has 1 aliphatic rings. The molecule has 0 bridgehead atoms. The Kier molecular flexibility index (Phi) is 5.23. The molecule has 2 aromatic heterocycles. The summed E-state index contributed by atoms with van der Waals surface area (Å²) in [6, 6.07) is 13.3. The van der Waals surface area contributed by atoms with Crippen molar-refractivity contribution >= 4 is 28.5 Å². The molecule has 0 unspecified atom stereocenters. The Balaban J connectivity index is 1.75. The molecule has 0 amide bonds. The summed E-state index contributed by atoms with van der Waals surface area (Å²) in [6.45, 7) is 3.10. The van der Waals surface area contributed by atoms with Gasteiger partial charge in [-0.15, -0.1) is 0 Å². The molecule has 1 aromatic carbocycles. The summed E-state index contributed by atoms with van der Waals surface area (Å²) in [5.41, 5.74) is 8.01. The Morgan fingerprint density at radius 1 is 1.18 bits per heavy atom. The maximum atomic E-state index is 13.1. The van der Waals surface area contributed by atoms with Gasteiger partial charge in [0.15, 0.2) is 0 Å². The minimum Gasteiger partial charge on any atom is -0.481 e. The minimum absolute atomic E-state index is 0.0277. The van der Waals surface area contributed by atoms with Crippen molar-refractivity contribution in [1.82, 2.24) is 9.38 Å². The van der Waals surface area contributed by atoms with Crippen LogP contribution in [0.1, 0.15) is 11.3 Å². The van der Waals surface area contributed by atoms with Gasteiger partial charge in [0, 0.05) is 19.3 Å². The van der Waals surface area contributed by atoms with Crippen LogP contribution in [0.15, 0.2) is 53.5 Å². The molecule has 1 fully saturated rings. The normalized spacial score (nSPS) is 14.2. The molecule has 0 aliphatic carbocycles. The van der Waals surface area contributed by atoms with E-state index in [0.717, 1.165) is 24.3 Å². The minimum atomic E-state index is -0.334. The van der Waals surface area contributed by atoms with Gasteiger partial charge in [0.2, 0.25) is 5.75 Å². The summed E-state index contributed by atoms with van der Waals surface area (Å²) in [4.78, 5) is 19.8. The van der Waals surface area contributed by atoms with Gasteiger partial charge in [0.25, 0.3) is 0 Å². The number of nitrogens with zero attached hydrogens (tertiary/aromatic N) is 3. The lowest BCUT2D eigenvalue weighted by molar-refractivity contribution is 0.122. The van der Waals surface area contributed by atoms with Crippen molar-refractivity contribution in [3.8, 4) is 5.75 Å². The first-order chi connectivity index (χ1) is 13.6. The number of aromatic nitrogens is 2. The largest absolute Gasteiger partial charge is 0.481 e. The van der Waals surface area contributed by atoms with Gasteiger partial charge in [-0.25, -0.2) is 4.98 Å². The Labute approximate surface area is 167 Å². The van der Waals surface area contributed by atoms with E-state index in [-0.39, 0.29) is 28.6 Å². The number of thiocarbonyl (C=S) groups is 1. The first-order valence-electron chi connectivity index (χ1n) is 8.99. The second kappa shape index (κ2) is 7.95. The molecular weight excluding hydrogens is 376 g/mol. The van der Waals surface area contributed by atoms with Crippen molar-refractivity contribution < 1.29 is 9.47 Å². The van der Waals surface area contributed by atoms with E-state index in [1.54, 1.807) is 12.3 Å². The SMILES string of the molecule is NC(=S)c1nc2ccc(N3CCOCC3)cn2c(=O)c1OCc1ccccc1. The van der Waals surface area contributed by atoms with E-state index < -0.39 is 0 Å². The molecule has 3 aromatic rings. The highest BCUT2D eigenvalue weighted by atomic mass is 32.1. The lowest BCUT2D eigenvalue weighted by Gasteiger charge is -2.28. The molecule has 8 heteroatoms. The molecule has 4 rings (SSSR count). The van der Waals surface area contributed by atoms with Crippen LogP contribution in [0.4, 0.5) is 5.69 Å². The fraction of sp³-hybridized carbons (Fsp3) is 0.250. The Hall–Kier alpha value is -2.97. The van der Waals surface area contributed by atoms with Crippen LogP contribution in [-0.2, 0) is 11.3 Å². The molecular formula is C20H20N4O3S. The van der Waals surface area contributed by atoms with Crippen molar-refractivity contribution in [1.29, 1.82) is 0 Å². The zero-order valence-corrected chi connectivity index (χ0v) is 16.0. The monoisotopic (exact) mass is 396 g/mol. The predicted octanol–water partition coefficient (Wildman–Crippen LogP) is 1.74.